The number of hydrogen-bond acceptors (Lipinski definition) is 7. The van der Waals surface area contributed by atoms with Gasteiger partial charge in [0.15, 0.2) is 11.5 Å². The van der Waals surface area contributed by atoms with E-state index in [0.717, 1.165) is 43.0 Å². The topological polar surface area (TPSA) is 75.6 Å². The summed E-state index contributed by atoms with van der Waals surface area (Å²) in [4.78, 5) is 15.3. The van der Waals surface area contributed by atoms with Gasteiger partial charge in [0.1, 0.15) is 0 Å². The van der Waals surface area contributed by atoms with Gasteiger partial charge in [0.25, 0.3) is 5.91 Å². The second kappa shape index (κ2) is 10.7. The largest absolute Gasteiger partial charge is 0.493 e. The number of carbonyl (C=O) groups is 1. The normalized spacial score (nSPS) is 17.4. The molecule has 2 heterocycles. The lowest BCUT2D eigenvalue weighted by atomic mass is 10.0. The molecule has 1 fully saturated rings. The fraction of sp³-hybridized carbons (Fsp3) is 0.440. The summed E-state index contributed by atoms with van der Waals surface area (Å²) >= 11 is 0. The van der Waals surface area contributed by atoms with Crippen LogP contribution in [0.1, 0.15) is 35.3 Å². The Kier molecular flexibility index (Phi) is 7.47. The lowest BCUT2D eigenvalue weighted by Gasteiger charge is -2.35. The van der Waals surface area contributed by atoms with Gasteiger partial charge in [-0.1, -0.05) is 6.07 Å². The first-order valence-electron chi connectivity index (χ1n) is 11.3. The first-order valence-corrected chi connectivity index (χ1v) is 11.3. The highest BCUT2D eigenvalue weighted by Crippen LogP contribution is 2.32. The average molecular weight is 453 g/mol. The third-order valence-electron chi connectivity index (χ3n) is 6.14. The van der Waals surface area contributed by atoms with E-state index in [1.54, 1.807) is 14.2 Å². The smallest absolute Gasteiger partial charge is 0.251 e. The van der Waals surface area contributed by atoms with Crippen LogP contribution in [0.15, 0.2) is 47.6 Å². The van der Waals surface area contributed by atoms with E-state index in [0.29, 0.717) is 36.8 Å². The second-order valence-electron chi connectivity index (χ2n) is 8.24. The molecule has 2 aliphatic heterocycles. The minimum Gasteiger partial charge on any atom is -0.493 e. The Bertz CT molecular complexity index is 986. The lowest BCUT2D eigenvalue weighted by Crippen LogP contribution is -2.43. The SMILES string of the molecule is COc1ccc(C(CNC(=O)c2ccc(N3CCC(C)=N3)cc2)N2CCOCC2)cc1OC. The Labute approximate surface area is 195 Å². The van der Waals surface area contributed by atoms with Gasteiger partial charge in [0.2, 0.25) is 0 Å². The first kappa shape index (κ1) is 23.1. The third-order valence-corrected chi connectivity index (χ3v) is 6.14. The van der Waals surface area contributed by atoms with Gasteiger partial charge in [-0.25, -0.2) is 0 Å². The molecule has 1 saturated heterocycles. The molecule has 0 aromatic heterocycles. The van der Waals surface area contributed by atoms with E-state index in [1.165, 1.54) is 0 Å². The van der Waals surface area contributed by atoms with Gasteiger partial charge in [0.05, 0.1) is 39.2 Å². The molecule has 33 heavy (non-hydrogen) atoms. The van der Waals surface area contributed by atoms with E-state index in [-0.39, 0.29) is 11.9 Å². The summed E-state index contributed by atoms with van der Waals surface area (Å²) in [5.74, 6) is 1.26. The molecule has 8 nitrogen and oxygen atoms in total. The zero-order chi connectivity index (χ0) is 23.2. The molecule has 0 aliphatic carbocycles. The number of benzene rings is 2. The number of hydrazone groups is 1. The van der Waals surface area contributed by atoms with E-state index in [9.17, 15) is 4.79 Å². The molecule has 2 aliphatic rings. The van der Waals surface area contributed by atoms with E-state index in [4.69, 9.17) is 14.2 Å². The average Bonchev–Trinajstić information content (AvgIpc) is 3.30. The number of nitrogens with zero attached hydrogens (tertiary/aromatic N) is 3. The molecule has 0 spiro atoms. The monoisotopic (exact) mass is 452 g/mol. The number of nitrogens with one attached hydrogen (secondary N) is 1. The first-order chi connectivity index (χ1) is 16.1. The van der Waals surface area contributed by atoms with E-state index in [1.807, 2.05) is 54.4 Å². The Morgan fingerprint density at radius 3 is 2.42 bits per heavy atom. The number of morpholine rings is 1. The molecule has 1 amide bonds. The van der Waals surface area contributed by atoms with Crippen LogP contribution in [0.5, 0.6) is 11.5 Å². The molecular weight excluding hydrogens is 420 g/mol. The van der Waals surface area contributed by atoms with Crippen molar-refractivity contribution >= 4 is 17.3 Å². The predicted molar refractivity (Wildman–Crippen MR) is 129 cm³/mol. The number of anilines is 1. The molecule has 2 aromatic carbocycles. The van der Waals surface area contributed by atoms with Crippen molar-refractivity contribution in [1.82, 2.24) is 10.2 Å². The molecule has 8 heteroatoms. The van der Waals surface area contributed by atoms with Gasteiger partial charge in [-0.3, -0.25) is 14.7 Å². The van der Waals surface area contributed by atoms with Gasteiger partial charge >= 0.3 is 0 Å². The van der Waals surface area contributed by atoms with Crippen LogP contribution in [0.2, 0.25) is 0 Å². The van der Waals surface area contributed by atoms with Crippen LogP contribution in [0.3, 0.4) is 0 Å². The standard InChI is InChI=1S/C25H32N4O4/c1-18-10-11-29(27-18)21-7-4-19(5-8-21)25(30)26-17-22(28-12-14-33-15-13-28)20-6-9-23(31-2)24(16-20)32-3/h4-9,16,22H,10-15,17H2,1-3H3,(H,26,30). The highest BCUT2D eigenvalue weighted by atomic mass is 16.5. The summed E-state index contributed by atoms with van der Waals surface area (Å²) in [5, 5.41) is 9.62. The Morgan fingerprint density at radius 1 is 1.06 bits per heavy atom. The highest BCUT2D eigenvalue weighted by molar-refractivity contribution is 5.94. The van der Waals surface area contributed by atoms with Gasteiger partial charge in [0, 0.05) is 43.9 Å². The van der Waals surface area contributed by atoms with Crippen molar-refractivity contribution < 1.29 is 19.0 Å². The van der Waals surface area contributed by atoms with Gasteiger partial charge in [-0.05, 0) is 48.9 Å². The maximum absolute atomic E-state index is 12.9. The Morgan fingerprint density at radius 2 is 1.79 bits per heavy atom. The van der Waals surface area contributed by atoms with Crippen molar-refractivity contribution in [1.29, 1.82) is 0 Å². The zero-order valence-corrected chi connectivity index (χ0v) is 19.5. The van der Waals surface area contributed by atoms with Crippen molar-refractivity contribution in [3.05, 3.63) is 53.6 Å². The molecule has 0 saturated carbocycles. The van der Waals surface area contributed by atoms with E-state index in [2.05, 4.69) is 15.3 Å². The number of methoxy groups -OCH3 is 2. The number of carbonyl (C=O) groups excluding carboxylic acids is 1. The van der Waals surface area contributed by atoms with Crippen LogP contribution in [0.4, 0.5) is 5.69 Å². The molecule has 0 radical (unpaired) electrons. The predicted octanol–water partition coefficient (Wildman–Crippen LogP) is 3.09. The van der Waals surface area contributed by atoms with Crippen molar-refractivity contribution in [3.8, 4) is 11.5 Å². The van der Waals surface area contributed by atoms with Crippen molar-refractivity contribution in [2.24, 2.45) is 5.10 Å². The van der Waals surface area contributed by atoms with Gasteiger partial charge in [-0.15, -0.1) is 0 Å². The number of amides is 1. The van der Waals surface area contributed by atoms with Gasteiger partial charge in [-0.2, -0.15) is 5.10 Å². The maximum Gasteiger partial charge on any atom is 0.251 e. The van der Waals surface area contributed by atoms with Crippen LogP contribution >= 0.6 is 0 Å². The van der Waals surface area contributed by atoms with Crippen molar-refractivity contribution in [2.45, 2.75) is 19.4 Å². The molecular formula is C25H32N4O4. The summed E-state index contributed by atoms with van der Waals surface area (Å²) in [6.45, 7) is 6.36. The van der Waals surface area contributed by atoms with E-state index >= 15 is 0 Å². The summed E-state index contributed by atoms with van der Waals surface area (Å²) in [5.41, 5.74) is 3.82. The molecule has 0 bridgehead atoms. The summed E-state index contributed by atoms with van der Waals surface area (Å²) in [7, 11) is 3.26. The quantitative estimate of drug-likeness (QED) is 0.664. The minimum atomic E-state index is -0.0959. The second-order valence-corrected chi connectivity index (χ2v) is 8.24. The minimum absolute atomic E-state index is 0.00107. The molecule has 176 valence electrons. The molecule has 4 rings (SSSR count). The van der Waals surface area contributed by atoms with Crippen LogP contribution < -0.4 is 19.8 Å². The number of hydrogen-bond donors (Lipinski definition) is 1. The molecule has 1 N–H and O–H groups in total. The van der Waals surface area contributed by atoms with Crippen LogP contribution in [0, 0.1) is 0 Å². The fourth-order valence-electron chi connectivity index (χ4n) is 4.24. The van der Waals surface area contributed by atoms with Crippen LogP contribution in [-0.4, -0.2) is 70.1 Å². The molecule has 2 aromatic rings. The van der Waals surface area contributed by atoms with Gasteiger partial charge < -0.3 is 19.5 Å². The summed E-state index contributed by atoms with van der Waals surface area (Å²) < 4.78 is 16.4. The number of rotatable bonds is 8. The van der Waals surface area contributed by atoms with Crippen molar-refractivity contribution in [3.63, 3.8) is 0 Å². The maximum atomic E-state index is 12.9. The molecule has 1 atom stereocenters. The third kappa shape index (κ3) is 5.46. The van der Waals surface area contributed by atoms with Crippen LogP contribution in [-0.2, 0) is 4.74 Å². The highest BCUT2D eigenvalue weighted by Gasteiger charge is 2.25. The Balaban J connectivity index is 1.47. The van der Waals surface area contributed by atoms with E-state index < -0.39 is 0 Å². The summed E-state index contributed by atoms with van der Waals surface area (Å²) in [6.07, 6.45) is 0.974. The lowest BCUT2D eigenvalue weighted by molar-refractivity contribution is 0.0162. The van der Waals surface area contributed by atoms with Crippen LogP contribution in [0.25, 0.3) is 0 Å². The zero-order valence-electron chi connectivity index (χ0n) is 19.5. The summed E-state index contributed by atoms with van der Waals surface area (Å²) in [6, 6.07) is 13.5. The Hall–Kier alpha value is -3.10. The number of ether oxygens (including phenoxy) is 3. The van der Waals surface area contributed by atoms with Crippen molar-refractivity contribution in [2.75, 3.05) is 58.6 Å². The fourth-order valence-corrected chi connectivity index (χ4v) is 4.24. The molecule has 1 unspecified atom stereocenters.